The van der Waals surface area contributed by atoms with Gasteiger partial charge in [-0.25, -0.2) is 14.4 Å². The standard InChI is InChI=1S/C18H27FN3O8P/c1-4-11(5-2)8-27-17(24)10(3)21-31(26)28-9-14-13(30-31)6-15(29-14)22-7-12(19)16(23)20-18(22)25/h7,10-11,13-15H,4-6,8-9H2,1-3H3,(H,21,26)(H,20,23,25)/t10-,13-,14+,15+,31?/m0/s1. The lowest BCUT2D eigenvalue weighted by molar-refractivity contribution is -0.147. The van der Waals surface area contributed by atoms with Crippen molar-refractivity contribution in [2.45, 2.75) is 64.5 Å². The summed E-state index contributed by atoms with van der Waals surface area (Å²) in [6, 6.07) is -0.939. The van der Waals surface area contributed by atoms with Crippen molar-refractivity contribution in [3.63, 3.8) is 0 Å². The second-order valence-corrected chi connectivity index (χ2v) is 9.33. The molecule has 2 fully saturated rings. The molecule has 0 radical (unpaired) electrons. The van der Waals surface area contributed by atoms with Gasteiger partial charge in [0.15, 0.2) is 0 Å². The van der Waals surface area contributed by atoms with Gasteiger partial charge in [0, 0.05) is 6.42 Å². The van der Waals surface area contributed by atoms with Crippen molar-refractivity contribution in [2.24, 2.45) is 5.92 Å². The fourth-order valence-corrected chi connectivity index (χ4v) is 5.09. The highest BCUT2D eigenvalue weighted by molar-refractivity contribution is 7.51. The van der Waals surface area contributed by atoms with E-state index in [1.165, 1.54) is 6.92 Å². The molecule has 174 valence electrons. The predicted octanol–water partition coefficient (Wildman–Crippen LogP) is 1.44. The second kappa shape index (κ2) is 9.74. The van der Waals surface area contributed by atoms with Gasteiger partial charge in [0.2, 0.25) is 5.82 Å². The number of esters is 1. The minimum Gasteiger partial charge on any atom is -0.464 e. The molecule has 3 heterocycles. The Bertz CT molecular complexity index is 962. The van der Waals surface area contributed by atoms with E-state index in [2.05, 4.69) is 5.09 Å². The zero-order valence-electron chi connectivity index (χ0n) is 17.5. The van der Waals surface area contributed by atoms with Crippen LogP contribution >= 0.6 is 7.75 Å². The first-order valence-corrected chi connectivity index (χ1v) is 11.7. The van der Waals surface area contributed by atoms with Crippen molar-refractivity contribution in [1.29, 1.82) is 0 Å². The fraction of sp³-hybridized carbons (Fsp3) is 0.722. The summed E-state index contributed by atoms with van der Waals surface area (Å²) in [6.45, 7) is 5.66. The first-order valence-electron chi connectivity index (χ1n) is 10.2. The van der Waals surface area contributed by atoms with E-state index in [9.17, 15) is 23.3 Å². The van der Waals surface area contributed by atoms with Gasteiger partial charge in [0.05, 0.1) is 19.4 Å². The Kier molecular flexibility index (Phi) is 7.48. The molecule has 1 aromatic heterocycles. The first-order chi connectivity index (χ1) is 14.7. The normalized spacial score (nSPS) is 29.0. The van der Waals surface area contributed by atoms with Crippen LogP contribution in [-0.4, -0.2) is 47.0 Å². The average molecular weight is 463 g/mol. The zero-order chi connectivity index (χ0) is 22.8. The van der Waals surface area contributed by atoms with E-state index in [0.29, 0.717) is 0 Å². The number of halogens is 1. The van der Waals surface area contributed by atoms with Crippen molar-refractivity contribution >= 4 is 13.7 Å². The smallest absolute Gasteiger partial charge is 0.406 e. The highest BCUT2D eigenvalue weighted by Crippen LogP contribution is 2.53. The average Bonchev–Trinajstić information content (AvgIpc) is 3.13. The number of aromatic amines is 1. The van der Waals surface area contributed by atoms with E-state index >= 15 is 0 Å². The van der Waals surface area contributed by atoms with E-state index in [1.807, 2.05) is 18.8 Å². The molecule has 2 aliphatic heterocycles. The third kappa shape index (κ3) is 5.50. The number of rotatable bonds is 8. The molecular formula is C18H27FN3O8P. The largest absolute Gasteiger partial charge is 0.464 e. The van der Waals surface area contributed by atoms with Crippen LogP contribution in [0.3, 0.4) is 0 Å². The molecule has 11 nitrogen and oxygen atoms in total. The zero-order valence-corrected chi connectivity index (χ0v) is 18.4. The highest BCUT2D eigenvalue weighted by Gasteiger charge is 2.48. The number of fused-ring (bicyclic) bond motifs is 1. The number of hydrogen-bond acceptors (Lipinski definition) is 8. The molecule has 1 aromatic rings. The van der Waals surface area contributed by atoms with Gasteiger partial charge in [0.25, 0.3) is 5.56 Å². The first kappa shape index (κ1) is 23.8. The van der Waals surface area contributed by atoms with E-state index in [-0.39, 0.29) is 25.6 Å². The lowest BCUT2D eigenvalue weighted by atomic mass is 10.1. The quantitative estimate of drug-likeness (QED) is 0.433. The highest BCUT2D eigenvalue weighted by atomic mass is 31.2. The van der Waals surface area contributed by atoms with Crippen LogP contribution in [0.15, 0.2) is 15.8 Å². The van der Waals surface area contributed by atoms with Crippen LogP contribution in [-0.2, 0) is 27.9 Å². The summed E-state index contributed by atoms with van der Waals surface area (Å²) in [7, 11) is -3.85. The lowest BCUT2D eigenvalue weighted by Crippen LogP contribution is -2.41. The van der Waals surface area contributed by atoms with Crippen LogP contribution in [0.1, 0.15) is 46.3 Å². The third-order valence-electron chi connectivity index (χ3n) is 5.42. The molecule has 2 aliphatic rings. The summed E-state index contributed by atoms with van der Waals surface area (Å²) in [5.41, 5.74) is -1.97. The van der Waals surface area contributed by atoms with E-state index < -0.39 is 55.3 Å². The van der Waals surface area contributed by atoms with E-state index in [0.717, 1.165) is 23.6 Å². The molecule has 2 saturated heterocycles. The number of H-pyrrole nitrogens is 1. The number of hydrogen-bond donors (Lipinski definition) is 2. The van der Waals surface area contributed by atoms with Crippen molar-refractivity contribution in [3.05, 3.63) is 32.9 Å². The molecule has 0 aromatic carbocycles. The maximum Gasteiger partial charge on any atom is 0.406 e. The van der Waals surface area contributed by atoms with Crippen molar-refractivity contribution in [1.82, 2.24) is 14.6 Å². The summed E-state index contributed by atoms with van der Waals surface area (Å²) in [5.74, 6) is -1.46. The third-order valence-corrected chi connectivity index (χ3v) is 7.16. The number of nitrogens with zero attached hydrogens (tertiary/aromatic N) is 1. The minimum absolute atomic E-state index is 0.0681. The van der Waals surface area contributed by atoms with Crippen molar-refractivity contribution in [2.75, 3.05) is 13.2 Å². The monoisotopic (exact) mass is 463 g/mol. The van der Waals surface area contributed by atoms with Gasteiger partial charge < -0.3 is 9.47 Å². The van der Waals surface area contributed by atoms with Crippen molar-refractivity contribution in [3.8, 4) is 0 Å². The molecule has 3 rings (SSSR count). The second-order valence-electron chi connectivity index (χ2n) is 7.61. The van der Waals surface area contributed by atoms with E-state index in [1.54, 1.807) is 0 Å². The maximum absolute atomic E-state index is 13.6. The number of carbonyl (C=O) groups is 1. The number of ether oxygens (including phenoxy) is 2. The van der Waals surface area contributed by atoms with Gasteiger partial charge in [-0.05, 0) is 12.8 Å². The van der Waals surface area contributed by atoms with Crippen LogP contribution in [0, 0.1) is 11.7 Å². The molecule has 0 saturated carbocycles. The Balaban J connectivity index is 1.60. The van der Waals surface area contributed by atoms with E-state index in [4.69, 9.17) is 18.5 Å². The summed E-state index contributed by atoms with van der Waals surface area (Å²) in [4.78, 5) is 37.2. The molecule has 5 atom stereocenters. The summed E-state index contributed by atoms with van der Waals surface area (Å²) in [5, 5.41) is 2.55. The topological polar surface area (TPSA) is 138 Å². The minimum atomic E-state index is -3.85. The lowest BCUT2D eigenvalue weighted by Gasteiger charge is -2.32. The van der Waals surface area contributed by atoms with Gasteiger partial charge in [-0.1, -0.05) is 26.7 Å². The molecule has 0 bridgehead atoms. The molecule has 13 heteroatoms. The van der Waals surface area contributed by atoms with Crippen LogP contribution < -0.4 is 16.3 Å². The Hall–Kier alpha value is -1.85. The number of nitrogens with one attached hydrogen (secondary N) is 2. The number of carbonyl (C=O) groups excluding carboxylic acids is 1. The van der Waals surface area contributed by atoms with Crippen molar-refractivity contribution < 1.29 is 32.3 Å². The molecular weight excluding hydrogens is 436 g/mol. The fourth-order valence-electron chi connectivity index (χ4n) is 3.39. The van der Waals surface area contributed by atoms with Gasteiger partial charge in [0.1, 0.15) is 24.5 Å². The van der Waals surface area contributed by atoms with Crippen LogP contribution in [0.25, 0.3) is 0 Å². The van der Waals surface area contributed by atoms with Gasteiger partial charge in [-0.15, -0.1) is 0 Å². The van der Waals surface area contributed by atoms with Gasteiger partial charge >= 0.3 is 19.4 Å². The molecule has 2 N–H and O–H groups in total. The SMILES string of the molecule is CCC(CC)COC(=O)[C@H](C)NP1(=O)OC[C@H]2O[C@@H](n3cc(F)c(=O)[nH]c3=O)C[C@@H]2O1. The maximum atomic E-state index is 13.6. The Labute approximate surface area is 177 Å². The predicted molar refractivity (Wildman–Crippen MR) is 106 cm³/mol. The Morgan fingerprint density at radius 2 is 2.10 bits per heavy atom. The number of aromatic nitrogens is 2. The molecule has 0 spiro atoms. The van der Waals surface area contributed by atoms with Crippen LogP contribution in [0.2, 0.25) is 0 Å². The summed E-state index contributed by atoms with van der Waals surface area (Å²) >= 11 is 0. The van der Waals surface area contributed by atoms with Gasteiger partial charge in [-0.2, -0.15) is 4.39 Å². The summed E-state index contributed by atoms with van der Waals surface area (Å²) < 4.78 is 49.2. The molecule has 0 aliphatic carbocycles. The van der Waals surface area contributed by atoms with Gasteiger partial charge in [-0.3, -0.25) is 28.2 Å². The molecule has 0 amide bonds. The summed E-state index contributed by atoms with van der Waals surface area (Å²) in [6.07, 6.45) is 0.246. The van der Waals surface area contributed by atoms with Crippen LogP contribution in [0.5, 0.6) is 0 Å². The molecule has 1 unspecified atom stereocenters. The Morgan fingerprint density at radius 1 is 1.39 bits per heavy atom. The Morgan fingerprint density at radius 3 is 2.77 bits per heavy atom. The van der Waals surface area contributed by atoms with Crippen LogP contribution in [0.4, 0.5) is 4.39 Å². The molecule has 31 heavy (non-hydrogen) atoms.